The third-order valence-corrected chi connectivity index (χ3v) is 3.62. The summed E-state index contributed by atoms with van der Waals surface area (Å²) >= 11 is 0. The van der Waals surface area contributed by atoms with Gasteiger partial charge < -0.3 is 14.8 Å². The molecule has 1 fully saturated rings. The Hall–Kier alpha value is -1.43. The minimum atomic E-state index is -4.69. The molecule has 1 heterocycles. The Morgan fingerprint density at radius 1 is 1.30 bits per heavy atom. The van der Waals surface area contributed by atoms with Gasteiger partial charge in [-0.2, -0.15) is 0 Å². The molecule has 0 amide bonds. The van der Waals surface area contributed by atoms with Crippen molar-refractivity contribution in [2.45, 2.75) is 25.6 Å². The first-order chi connectivity index (χ1) is 9.40. The van der Waals surface area contributed by atoms with Crippen LogP contribution in [0.1, 0.15) is 24.8 Å². The number of hydrogen-bond donors (Lipinski definition) is 1. The Labute approximate surface area is 116 Å². The van der Waals surface area contributed by atoms with E-state index in [9.17, 15) is 13.2 Å². The van der Waals surface area contributed by atoms with Gasteiger partial charge in [0.15, 0.2) is 0 Å². The zero-order valence-electron chi connectivity index (χ0n) is 11.5. The summed E-state index contributed by atoms with van der Waals surface area (Å²) in [6, 6.07) is 4.32. The molecule has 1 aliphatic rings. The van der Waals surface area contributed by atoms with Crippen LogP contribution in [-0.4, -0.2) is 26.6 Å². The highest BCUT2D eigenvalue weighted by atomic mass is 19.4. The lowest BCUT2D eigenvalue weighted by Crippen LogP contribution is -2.33. The van der Waals surface area contributed by atoms with Crippen molar-refractivity contribution in [3.63, 3.8) is 0 Å². The first-order valence-corrected chi connectivity index (χ1v) is 6.55. The van der Waals surface area contributed by atoms with Gasteiger partial charge >= 0.3 is 6.36 Å². The molecule has 20 heavy (non-hydrogen) atoms. The fourth-order valence-electron chi connectivity index (χ4n) is 2.67. The van der Waals surface area contributed by atoms with Crippen LogP contribution in [0.2, 0.25) is 0 Å². The summed E-state index contributed by atoms with van der Waals surface area (Å²) in [4.78, 5) is 0. The lowest BCUT2D eigenvalue weighted by Gasteiger charge is -2.31. The lowest BCUT2D eigenvalue weighted by atomic mass is 9.82. The zero-order chi connectivity index (χ0) is 14.8. The van der Waals surface area contributed by atoms with Gasteiger partial charge in [0, 0.05) is 6.07 Å². The van der Waals surface area contributed by atoms with Gasteiger partial charge in [-0.1, -0.05) is 13.0 Å². The summed E-state index contributed by atoms with van der Waals surface area (Å²) in [5.74, 6) is 0.892. The van der Waals surface area contributed by atoms with Gasteiger partial charge in [0.05, 0.1) is 7.11 Å². The second kappa shape index (κ2) is 5.91. The van der Waals surface area contributed by atoms with Crippen LogP contribution in [0, 0.1) is 5.92 Å². The normalized spacial score (nSPS) is 23.4. The number of rotatable bonds is 3. The Kier molecular flexibility index (Phi) is 4.42. The second-order valence-electron chi connectivity index (χ2n) is 5.03. The highest BCUT2D eigenvalue weighted by Crippen LogP contribution is 2.38. The third kappa shape index (κ3) is 3.56. The number of hydrogen-bond acceptors (Lipinski definition) is 3. The first kappa shape index (κ1) is 15.0. The van der Waals surface area contributed by atoms with Crippen LogP contribution >= 0.6 is 0 Å². The topological polar surface area (TPSA) is 30.5 Å². The van der Waals surface area contributed by atoms with E-state index < -0.39 is 6.36 Å². The summed E-state index contributed by atoms with van der Waals surface area (Å²) in [6.45, 7) is 3.92. The average molecular weight is 289 g/mol. The van der Waals surface area contributed by atoms with Gasteiger partial charge in [-0.05, 0) is 43.0 Å². The lowest BCUT2D eigenvalue weighted by molar-refractivity contribution is -0.274. The molecule has 0 spiro atoms. The zero-order valence-corrected chi connectivity index (χ0v) is 11.5. The van der Waals surface area contributed by atoms with Crippen LogP contribution in [0.5, 0.6) is 11.5 Å². The smallest absolute Gasteiger partial charge is 0.496 e. The van der Waals surface area contributed by atoms with Crippen LogP contribution in [0.4, 0.5) is 13.2 Å². The Bertz CT molecular complexity index is 462. The maximum absolute atomic E-state index is 12.2. The molecule has 0 saturated carbocycles. The monoisotopic (exact) mass is 289 g/mol. The predicted molar refractivity (Wildman–Crippen MR) is 69.1 cm³/mol. The summed E-state index contributed by atoms with van der Waals surface area (Å²) in [5, 5.41) is 3.30. The SMILES string of the molecule is COc1cc(OC(F)(F)F)ccc1C1CCNCC1C. The molecule has 0 aliphatic carbocycles. The van der Waals surface area contributed by atoms with Gasteiger partial charge in [0.1, 0.15) is 11.5 Å². The van der Waals surface area contributed by atoms with E-state index in [1.807, 2.05) is 0 Å². The van der Waals surface area contributed by atoms with Crippen molar-refractivity contribution in [2.24, 2.45) is 5.92 Å². The third-order valence-electron chi connectivity index (χ3n) is 3.62. The molecule has 2 rings (SSSR count). The molecule has 112 valence electrons. The maximum atomic E-state index is 12.2. The van der Waals surface area contributed by atoms with Crippen LogP contribution in [0.25, 0.3) is 0 Å². The van der Waals surface area contributed by atoms with Crippen molar-refractivity contribution >= 4 is 0 Å². The highest BCUT2D eigenvalue weighted by Gasteiger charge is 2.32. The minimum Gasteiger partial charge on any atom is -0.496 e. The number of alkyl halides is 3. The number of nitrogens with one attached hydrogen (secondary N) is 1. The van der Waals surface area contributed by atoms with E-state index in [0.29, 0.717) is 11.7 Å². The Morgan fingerprint density at radius 3 is 2.65 bits per heavy atom. The van der Waals surface area contributed by atoms with Crippen molar-refractivity contribution in [1.29, 1.82) is 0 Å². The molecule has 0 radical (unpaired) electrons. The first-order valence-electron chi connectivity index (χ1n) is 6.55. The Morgan fingerprint density at radius 2 is 2.05 bits per heavy atom. The molecule has 0 bridgehead atoms. The molecule has 0 aromatic heterocycles. The van der Waals surface area contributed by atoms with Crippen molar-refractivity contribution < 1.29 is 22.6 Å². The van der Waals surface area contributed by atoms with Crippen LogP contribution < -0.4 is 14.8 Å². The molecular weight excluding hydrogens is 271 g/mol. The highest BCUT2D eigenvalue weighted by molar-refractivity contribution is 5.43. The van der Waals surface area contributed by atoms with Gasteiger partial charge in [0.2, 0.25) is 0 Å². The fraction of sp³-hybridized carbons (Fsp3) is 0.571. The molecule has 1 aliphatic heterocycles. The van der Waals surface area contributed by atoms with E-state index in [4.69, 9.17) is 4.74 Å². The summed E-state index contributed by atoms with van der Waals surface area (Å²) in [6.07, 6.45) is -3.74. The maximum Gasteiger partial charge on any atom is 0.573 e. The van der Waals surface area contributed by atoms with Crippen molar-refractivity contribution in [3.05, 3.63) is 23.8 Å². The molecule has 1 aromatic carbocycles. The fourth-order valence-corrected chi connectivity index (χ4v) is 2.67. The number of benzene rings is 1. The van der Waals surface area contributed by atoms with Gasteiger partial charge in [-0.3, -0.25) is 0 Å². The standard InChI is InChI=1S/C14H18F3NO2/c1-9-8-18-6-5-11(9)12-4-3-10(7-13(12)19-2)20-14(15,16)17/h3-4,7,9,11,18H,5-6,8H2,1-2H3. The van der Waals surface area contributed by atoms with Crippen LogP contribution in [0.3, 0.4) is 0 Å². The Balaban J connectivity index is 2.25. The number of halogens is 3. The van der Waals surface area contributed by atoms with E-state index in [1.165, 1.54) is 19.2 Å². The van der Waals surface area contributed by atoms with Crippen LogP contribution in [0.15, 0.2) is 18.2 Å². The molecule has 6 heteroatoms. The van der Waals surface area contributed by atoms with E-state index >= 15 is 0 Å². The quantitative estimate of drug-likeness (QED) is 0.926. The van der Waals surface area contributed by atoms with Crippen molar-refractivity contribution in [1.82, 2.24) is 5.32 Å². The van der Waals surface area contributed by atoms with E-state index in [0.717, 1.165) is 25.1 Å². The molecule has 1 N–H and O–H groups in total. The molecule has 2 atom stereocenters. The average Bonchev–Trinajstić information content (AvgIpc) is 2.38. The molecule has 1 saturated heterocycles. The molecular formula is C14H18F3NO2. The summed E-state index contributed by atoms with van der Waals surface area (Å²) in [5.41, 5.74) is 0.941. The molecule has 3 nitrogen and oxygen atoms in total. The summed E-state index contributed by atoms with van der Waals surface area (Å²) in [7, 11) is 1.46. The van der Waals surface area contributed by atoms with Gasteiger partial charge in [-0.15, -0.1) is 13.2 Å². The van der Waals surface area contributed by atoms with E-state index in [1.54, 1.807) is 6.07 Å². The minimum absolute atomic E-state index is 0.250. The van der Waals surface area contributed by atoms with Gasteiger partial charge in [-0.25, -0.2) is 0 Å². The molecule has 2 unspecified atom stereocenters. The predicted octanol–water partition coefficient (Wildman–Crippen LogP) is 3.31. The summed E-state index contributed by atoms with van der Waals surface area (Å²) < 4.78 is 45.8. The van der Waals surface area contributed by atoms with Crippen LogP contribution in [-0.2, 0) is 0 Å². The van der Waals surface area contributed by atoms with E-state index in [-0.39, 0.29) is 11.7 Å². The largest absolute Gasteiger partial charge is 0.573 e. The second-order valence-corrected chi connectivity index (χ2v) is 5.03. The van der Waals surface area contributed by atoms with Crippen molar-refractivity contribution in [2.75, 3.05) is 20.2 Å². The number of piperidine rings is 1. The number of ether oxygens (including phenoxy) is 2. The number of methoxy groups -OCH3 is 1. The van der Waals surface area contributed by atoms with Gasteiger partial charge in [0.25, 0.3) is 0 Å². The van der Waals surface area contributed by atoms with Crippen molar-refractivity contribution in [3.8, 4) is 11.5 Å². The van der Waals surface area contributed by atoms with E-state index in [2.05, 4.69) is 17.0 Å². The molecule has 1 aromatic rings.